The van der Waals surface area contributed by atoms with Crippen LogP contribution >= 0.6 is 0 Å². The topological polar surface area (TPSA) is 61.8 Å². The molecule has 0 bridgehead atoms. The predicted octanol–water partition coefficient (Wildman–Crippen LogP) is 4.79. The smallest absolute Gasteiger partial charge is 0.315 e. The summed E-state index contributed by atoms with van der Waals surface area (Å²) in [4.78, 5) is 23.3. The van der Waals surface area contributed by atoms with E-state index < -0.39 is 5.41 Å². The van der Waals surface area contributed by atoms with E-state index >= 15 is 0 Å². The Kier molecular flexibility index (Phi) is 10.2. The normalized spacial score (nSPS) is 11.4. The van der Waals surface area contributed by atoms with Gasteiger partial charge in [0, 0.05) is 12.0 Å². The second-order valence-corrected chi connectivity index (χ2v) is 6.78. The zero-order valence-electron chi connectivity index (χ0n) is 17.0. The van der Waals surface area contributed by atoms with Crippen molar-refractivity contribution in [2.75, 3.05) is 19.8 Å². The maximum absolute atomic E-state index is 12.0. The number of ether oxygens (including phenoxy) is 3. The van der Waals surface area contributed by atoms with Gasteiger partial charge in [-0.05, 0) is 53.0 Å². The molecule has 0 atom stereocenters. The van der Waals surface area contributed by atoms with Crippen molar-refractivity contribution in [2.45, 2.75) is 53.4 Å². The predicted molar refractivity (Wildman–Crippen MR) is 106 cm³/mol. The highest BCUT2D eigenvalue weighted by atomic mass is 16.5. The van der Waals surface area contributed by atoms with Crippen molar-refractivity contribution in [3.8, 4) is 5.75 Å². The van der Waals surface area contributed by atoms with Crippen molar-refractivity contribution in [3.63, 3.8) is 0 Å². The van der Waals surface area contributed by atoms with Crippen LogP contribution in [0.2, 0.25) is 0 Å². The summed E-state index contributed by atoms with van der Waals surface area (Å²) < 4.78 is 15.9. The van der Waals surface area contributed by atoms with Crippen molar-refractivity contribution >= 4 is 18.0 Å². The summed E-state index contributed by atoms with van der Waals surface area (Å²) in [6.07, 6.45) is 6.77. The van der Waals surface area contributed by atoms with Crippen molar-refractivity contribution in [3.05, 3.63) is 35.9 Å². The van der Waals surface area contributed by atoms with Crippen molar-refractivity contribution < 1.29 is 23.8 Å². The van der Waals surface area contributed by atoms with Crippen molar-refractivity contribution in [1.29, 1.82) is 0 Å². The van der Waals surface area contributed by atoms with Gasteiger partial charge in [0.2, 0.25) is 0 Å². The molecule has 27 heavy (non-hydrogen) atoms. The quantitative estimate of drug-likeness (QED) is 0.388. The summed E-state index contributed by atoms with van der Waals surface area (Å²) in [5.74, 6) is 0.387. The summed E-state index contributed by atoms with van der Waals surface area (Å²) in [7, 11) is 0. The van der Waals surface area contributed by atoms with E-state index in [1.807, 2.05) is 57.2 Å². The first-order chi connectivity index (χ1) is 12.9. The fraction of sp³-hybridized carbons (Fsp3) is 0.545. The molecule has 0 aliphatic heterocycles. The number of rotatable bonds is 12. The molecule has 0 heterocycles. The number of benzene rings is 1. The van der Waals surface area contributed by atoms with Gasteiger partial charge in [0.1, 0.15) is 5.75 Å². The van der Waals surface area contributed by atoms with Gasteiger partial charge in [-0.3, -0.25) is 9.59 Å². The van der Waals surface area contributed by atoms with Crippen LogP contribution < -0.4 is 4.74 Å². The number of unbranched alkanes of at least 4 members (excludes halogenated alkanes) is 2. The minimum atomic E-state index is -0.698. The molecule has 0 N–H and O–H groups in total. The second kappa shape index (κ2) is 12.2. The number of carbonyl (C=O) groups excluding carboxylic acids is 2. The minimum Gasteiger partial charge on any atom is -0.493 e. The summed E-state index contributed by atoms with van der Waals surface area (Å²) in [5.41, 5.74) is 0.220. The number of carbonyl (C=O) groups is 2. The number of hydrogen-bond donors (Lipinski definition) is 0. The lowest BCUT2D eigenvalue weighted by Crippen LogP contribution is -2.24. The minimum absolute atomic E-state index is 0.141. The van der Waals surface area contributed by atoms with E-state index in [0.29, 0.717) is 26.2 Å². The van der Waals surface area contributed by atoms with Crippen molar-refractivity contribution in [2.24, 2.45) is 5.41 Å². The van der Waals surface area contributed by atoms with Gasteiger partial charge in [-0.2, -0.15) is 0 Å². The Morgan fingerprint density at radius 1 is 1.00 bits per heavy atom. The van der Waals surface area contributed by atoms with E-state index in [4.69, 9.17) is 14.2 Å². The van der Waals surface area contributed by atoms with Gasteiger partial charge in [-0.25, -0.2) is 0 Å². The Morgan fingerprint density at radius 3 is 2.41 bits per heavy atom. The zero-order chi connectivity index (χ0) is 20.1. The third-order valence-corrected chi connectivity index (χ3v) is 3.99. The van der Waals surface area contributed by atoms with E-state index in [1.165, 1.54) is 0 Å². The van der Waals surface area contributed by atoms with Crippen LogP contribution in [0.25, 0.3) is 6.08 Å². The van der Waals surface area contributed by atoms with Crippen molar-refractivity contribution in [1.82, 2.24) is 0 Å². The second-order valence-electron chi connectivity index (χ2n) is 6.78. The van der Waals surface area contributed by atoms with Gasteiger partial charge in [0.05, 0.1) is 25.2 Å². The van der Waals surface area contributed by atoms with E-state index in [9.17, 15) is 9.59 Å². The number of para-hydroxylation sites is 1. The van der Waals surface area contributed by atoms with Crippen LogP contribution in [0.5, 0.6) is 5.75 Å². The molecule has 0 unspecified atom stereocenters. The molecule has 0 aromatic heterocycles. The van der Waals surface area contributed by atoms with Crippen LogP contribution in [0.3, 0.4) is 0 Å². The lowest BCUT2D eigenvalue weighted by molar-refractivity contribution is -0.150. The van der Waals surface area contributed by atoms with Gasteiger partial charge < -0.3 is 14.2 Å². The number of hydrogen-bond acceptors (Lipinski definition) is 5. The van der Waals surface area contributed by atoms with Crippen LogP contribution in [0.15, 0.2) is 30.3 Å². The molecule has 5 nitrogen and oxygen atoms in total. The highest BCUT2D eigenvalue weighted by Crippen LogP contribution is 2.25. The van der Waals surface area contributed by atoms with Gasteiger partial charge in [-0.1, -0.05) is 30.4 Å². The molecule has 5 heteroatoms. The molecule has 1 aromatic carbocycles. The first kappa shape index (κ1) is 22.7. The van der Waals surface area contributed by atoms with Crippen LogP contribution in [0, 0.1) is 5.41 Å². The molecule has 0 aliphatic carbocycles. The van der Waals surface area contributed by atoms with Gasteiger partial charge in [0.15, 0.2) is 0 Å². The Hall–Kier alpha value is -2.30. The molecule has 0 saturated carbocycles. The molecule has 150 valence electrons. The van der Waals surface area contributed by atoms with Crippen LogP contribution in [0.4, 0.5) is 0 Å². The molecule has 0 amide bonds. The van der Waals surface area contributed by atoms with Crippen LogP contribution in [-0.4, -0.2) is 31.8 Å². The first-order valence-corrected chi connectivity index (χ1v) is 9.64. The number of esters is 2. The first-order valence-electron chi connectivity index (χ1n) is 9.64. The lowest BCUT2D eigenvalue weighted by atomic mass is 9.92. The molecular formula is C22H32O5. The van der Waals surface area contributed by atoms with E-state index in [2.05, 4.69) is 0 Å². The largest absolute Gasteiger partial charge is 0.493 e. The Labute approximate surface area is 162 Å². The van der Waals surface area contributed by atoms with Gasteiger partial charge in [-0.15, -0.1) is 0 Å². The summed E-state index contributed by atoms with van der Waals surface area (Å²) in [6, 6.07) is 7.72. The Bertz CT molecular complexity index is 619. The maximum Gasteiger partial charge on any atom is 0.315 e. The maximum atomic E-state index is 12.0. The zero-order valence-corrected chi connectivity index (χ0v) is 17.0. The molecule has 0 spiro atoms. The molecule has 1 rings (SSSR count). The molecule has 0 fully saturated rings. The Balaban J connectivity index is 2.51. The van der Waals surface area contributed by atoms with E-state index in [0.717, 1.165) is 30.6 Å². The Morgan fingerprint density at radius 2 is 1.70 bits per heavy atom. The molecule has 0 aliphatic rings. The summed E-state index contributed by atoms with van der Waals surface area (Å²) in [5, 5.41) is 0. The van der Waals surface area contributed by atoms with E-state index in [-0.39, 0.29) is 11.9 Å². The molecule has 0 radical (unpaired) electrons. The van der Waals surface area contributed by atoms with Gasteiger partial charge >= 0.3 is 11.9 Å². The summed E-state index contributed by atoms with van der Waals surface area (Å²) in [6.45, 7) is 8.64. The molecule has 1 aromatic rings. The monoisotopic (exact) mass is 376 g/mol. The lowest BCUT2D eigenvalue weighted by Gasteiger charge is -2.18. The van der Waals surface area contributed by atoms with Crippen LogP contribution in [0.1, 0.15) is 58.9 Å². The third-order valence-electron chi connectivity index (χ3n) is 3.99. The van der Waals surface area contributed by atoms with Crippen LogP contribution in [-0.2, 0) is 19.1 Å². The SMILES string of the molecule is CCOC(=O)CCCCCOc1ccccc1/C=C/C(C)(C)C(=O)OCC. The highest BCUT2D eigenvalue weighted by Gasteiger charge is 2.25. The van der Waals surface area contributed by atoms with E-state index in [1.54, 1.807) is 6.92 Å². The fourth-order valence-corrected chi connectivity index (χ4v) is 2.40. The fourth-order valence-electron chi connectivity index (χ4n) is 2.40. The third kappa shape index (κ3) is 8.76. The highest BCUT2D eigenvalue weighted by molar-refractivity contribution is 5.79. The standard InChI is InChI=1S/C22H32O5/c1-5-25-20(23)14-8-7-11-17-27-19-13-10-9-12-18(19)15-16-22(3,4)21(24)26-6-2/h9-10,12-13,15-16H,5-8,11,14,17H2,1-4H3/b16-15+. The summed E-state index contributed by atoms with van der Waals surface area (Å²) >= 11 is 0. The van der Waals surface area contributed by atoms with Gasteiger partial charge in [0.25, 0.3) is 0 Å². The average Bonchev–Trinajstić information content (AvgIpc) is 2.64. The average molecular weight is 376 g/mol. The molecule has 0 saturated heterocycles. The molecular weight excluding hydrogens is 344 g/mol.